The number of aliphatic hydroxyl groups excluding tert-OH is 1. The van der Waals surface area contributed by atoms with Crippen molar-refractivity contribution >= 4 is 6.29 Å². The summed E-state index contributed by atoms with van der Waals surface area (Å²) in [6.45, 7) is 4.07. The predicted molar refractivity (Wildman–Crippen MR) is 45.9 cm³/mol. The lowest BCUT2D eigenvalue weighted by atomic mass is 10.4. The van der Waals surface area contributed by atoms with Crippen molar-refractivity contribution in [2.45, 2.75) is 13.2 Å². The number of allylic oxidation sites excluding steroid dienone is 1. The summed E-state index contributed by atoms with van der Waals surface area (Å²) in [7, 11) is 0. The van der Waals surface area contributed by atoms with Gasteiger partial charge >= 0.3 is 0 Å². The van der Waals surface area contributed by atoms with Gasteiger partial charge in [-0.25, -0.2) is 0 Å². The first-order chi connectivity index (χ1) is 5.83. The zero-order valence-electron chi connectivity index (χ0n) is 6.73. The molecule has 0 radical (unpaired) electrons. The third-order valence-electron chi connectivity index (χ3n) is 1.70. The monoisotopic (exact) mass is 165 g/mol. The summed E-state index contributed by atoms with van der Waals surface area (Å²) in [4.78, 5) is 10.5. The Bertz CT molecular complexity index is 289. The average molecular weight is 165 g/mol. The summed E-state index contributed by atoms with van der Waals surface area (Å²) in [5.41, 5.74) is 1.30. The van der Waals surface area contributed by atoms with E-state index in [1.165, 1.54) is 0 Å². The maximum atomic E-state index is 10.5. The van der Waals surface area contributed by atoms with E-state index in [-0.39, 0.29) is 6.61 Å². The fourth-order valence-corrected chi connectivity index (χ4v) is 1.12. The van der Waals surface area contributed by atoms with E-state index in [0.717, 1.165) is 12.0 Å². The molecule has 1 heterocycles. The number of nitrogens with zero attached hydrogens (tertiary/aromatic N) is 1. The average Bonchev–Trinajstić information content (AvgIpc) is 2.48. The molecule has 1 rings (SSSR count). The Morgan fingerprint density at radius 1 is 1.58 bits per heavy atom. The Balaban J connectivity index is 3.06. The van der Waals surface area contributed by atoms with Gasteiger partial charge in [-0.1, -0.05) is 6.08 Å². The number of hydrogen-bond acceptors (Lipinski definition) is 2. The van der Waals surface area contributed by atoms with E-state index in [0.29, 0.717) is 12.2 Å². The molecule has 0 saturated carbocycles. The quantitative estimate of drug-likeness (QED) is 0.533. The largest absolute Gasteiger partial charge is 0.390 e. The minimum atomic E-state index is -0.0539. The standard InChI is InChI=1S/C9H11NO2/c1-2-5-10-8(6-11)3-4-9(10)7-12/h2-4,6,12H,1,5,7H2. The summed E-state index contributed by atoms with van der Waals surface area (Å²) in [5.74, 6) is 0. The van der Waals surface area contributed by atoms with E-state index >= 15 is 0 Å². The SMILES string of the molecule is C=CCn1c(C=O)ccc1CO. The van der Waals surface area contributed by atoms with Crippen molar-refractivity contribution in [2.75, 3.05) is 0 Å². The third kappa shape index (κ3) is 1.46. The first kappa shape index (κ1) is 8.74. The zero-order valence-corrected chi connectivity index (χ0v) is 6.73. The first-order valence-corrected chi connectivity index (χ1v) is 3.68. The van der Waals surface area contributed by atoms with Crippen LogP contribution in [0.4, 0.5) is 0 Å². The molecular weight excluding hydrogens is 154 g/mol. The van der Waals surface area contributed by atoms with Crippen molar-refractivity contribution in [3.05, 3.63) is 36.2 Å². The highest BCUT2D eigenvalue weighted by molar-refractivity contribution is 5.72. The van der Waals surface area contributed by atoms with E-state index in [9.17, 15) is 4.79 Å². The van der Waals surface area contributed by atoms with Gasteiger partial charge in [0.2, 0.25) is 0 Å². The van der Waals surface area contributed by atoms with Gasteiger partial charge in [0.25, 0.3) is 0 Å². The fraction of sp³-hybridized carbons (Fsp3) is 0.222. The molecule has 1 aromatic rings. The summed E-state index contributed by atoms with van der Waals surface area (Å²) in [6, 6.07) is 3.41. The Hall–Kier alpha value is -1.35. The van der Waals surface area contributed by atoms with Gasteiger partial charge < -0.3 is 9.67 Å². The lowest BCUT2D eigenvalue weighted by molar-refractivity contribution is 0.111. The molecule has 0 unspecified atom stereocenters. The van der Waals surface area contributed by atoms with Crippen molar-refractivity contribution < 1.29 is 9.90 Å². The van der Waals surface area contributed by atoms with Crippen LogP contribution in [-0.2, 0) is 13.2 Å². The summed E-state index contributed by atoms with van der Waals surface area (Å²) < 4.78 is 1.72. The summed E-state index contributed by atoms with van der Waals surface area (Å²) in [5, 5.41) is 8.88. The van der Waals surface area contributed by atoms with Crippen LogP contribution in [0.25, 0.3) is 0 Å². The van der Waals surface area contributed by atoms with E-state index in [1.807, 2.05) is 0 Å². The number of hydrogen-bond donors (Lipinski definition) is 1. The molecule has 3 heteroatoms. The number of carbonyl (C=O) groups is 1. The fourth-order valence-electron chi connectivity index (χ4n) is 1.12. The maximum Gasteiger partial charge on any atom is 0.166 e. The van der Waals surface area contributed by atoms with Gasteiger partial charge in [0.05, 0.1) is 12.3 Å². The van der Waals surface area contributed by atoms with Crippen LogP contribution in [0.1, 0.15) is 16.2 Å². The van der Waals surface area contributed by atoms with Gasteiger partial charge in [0.15, 0.2) is 6.29 Å². The van der Waals surface area contributed by atoms with Gasteiger partial charge in [-0.3, -0.25) is 4.79 Å². The van der Waals surface area contributed by atoms with Crippen LogP contribution in [0.3, 0.4) is 0 Å². The van der Waals surface area contributed by atoms with Crippen molar-refractivity contribution in [2.24, 2.45) is 0 Å². The van der Waals surface area contributed by atoms with Gasteiger partial charge in [-0.2, -0.15) is 0 Å². The van der Waals surface area contributed by atoms with Crippen LogP contribution < -0.4 is 0 Å². The second kappa shape index (κ2) is 3.88. The van der Waals surface area contributed by atoms with Gasteiger partial charge in [-0.05, 0) is 12.1 Å². The molecule has 0 amide bonds. The summed E-state index contributed by atoms with van der Waals surface area (Å²) >= 11 is 0. The smallest absolute Gasteiger partial charge is 0.166 e. The zero-order chi connectivity index (χ0) is 8.97. The molecule has 0 aliphatic heterocycles. The molecule has 0 fully saturated rings. The molecular formula is C9H11NO2. The van der Waals surface area contributed by atoms with Crippen LogP contribution in [0.5, 0.6) is 0 Å². The second-order valence-corrected chi connectivity index (χ2v) is 2.42. The van der Waals surface area contributed by atoms with Crippen LogP contribution in [0.15, 0.2) is 24.8 Å². The Labute approximate surface area is 70.9 Å². The normalized spacial score (nSPS) is 9.75. The second-order valence-electron chi connectivity index (χ2n) is 2.42. The highest BCUT2D eigenvalue weighted by atomic mass is 16.3. The van der Waals surface area contributed by atoms with Crippen LogP contribution in [-0.4, -0.2) is 16.0 Å². The van der Waals surface area contributed by atoms with Crippen molar-refractivity contribution in [1.82, 2.24) is 4.57 Å². The molecule has 0 saturated heterocycles. The van der Waals surface area contributed by atoms with Crippen LogP contribution in [0, 0.1) is 0 Å². The molecule has 0 bridgehead atoms. The van der Waals surface area contributed by atoms with Gasteiger partial charge in [0, 0.05) is 12.2 Å². The molecule has 0 spiro atoms. The number of aldehydes is 1. The van der Waals surface area contributed by atoms with Gasteiger partial charge in [-0.15, -0.1) is 6.58 Å². The van der Waals surface area contributed by atoms with E-state index < -0.39 is 0 Å². The lowest BCUT2D eigenvalue weighted by Gasteiger charge is -2.04. The van der Waals surface area contributed by atoms with E-state index in [1.54, 1.807) is 22.8 Å². The molecule has 0 aliphatic carbocycles. The van der Waals surface area contributed by atoms with Crippen molar-refractivity contribution in [1.29, 1.82) is 0 Å². The lowest BCUT2D eigenvalue weighted by Crippen LogP contribution is -2.04. The molecule has 64 valence electrons. The molecule has 0 aliphatic rings. The minimum absolute atomic E-state index is 0.0539. The molecule has 1 N–H and O–H groups in total. The van der Waals surface area contributed by atoms with E-state index in [4.69, 9.17) is 5.11 Å². The minimum Gasteiger partial charge on any atom is -0.390 e. The third-order valence-corrected chi connectivity index (χ3v) is 1.70. The van der Waals surface area contributed by atoms with Crippen molar-refractivity contribution in [3.8, 4) is 0 Å². The van der Waals surface area contributed by atoms with Crippen LogP contribution in [0.2, 0.25) is 0 Å². The molecule has 0 aromatic carbocycles. The highest BCUT2D eigenvalue weighted by Gasteiger charge is 2.03. The Morgan fingerprint density at radius 2 is 2.33 bits per heavy atom. The first-order valence-electron chi connectivity index (χ1n) is 3.68. The number of carbonyl (C=O) groups excluding carboxylic acids is 1. The molecule has 1 aromatic heterocycles. The Morgan fingerprint density at radius 3 is 2.83 bits per heavy atom. The van der Waals surface area contributed by atoms with E-state index in [2.05, 4.69) is 6.58 Å². The highest BCUT2D eigenvalue weighted by Crippen LogP contribution is 2.07. The molecule has 0 atom stereocenters. The topological polar surface area (TPSA) is 42.2 Å². The van der Waals surface area contributed by atoms with Crippen molar-refractivity contribution in [3.63, 3.8) is 0 Å². The van der Waals surface area contributed by atoms with Crippen LogP contribution >= 0.6 is 0 Å². The predicted octanol–water partition coefficient (Wildman–Crippen LogP) is 0.979. The van der Waals surface area contributed by atoms with Gasteiger partial charge in [0.1, 0.15) is 0 Å². The number of rotatable bonds is 4. The maximum absolute atomic E-state index is 10.5. The summed E-state index contributed by atoms with van der Waals surface area (Å²) in [6.07, 6.45) is 2.45. The number of aromatic nitrogens is 1. The number of aliphatic hydroxyl groups is 1. The Kier molecular flexibility index (Phi) is 2.82. The molecule has 12 heavy (non-hydrogen) atoms. The molecule has 3 nitrogen and oxygen atoms in total.